The van der Waals surface area contributed by atoms with Gasteiger partial charge in [0, 0.05) is 13.0 Å². The number of sulfone groups is 1. The van der Waals surface area contributed by atoms with Crippen LogP contribution in [0.1, 0.15) is 17.9 Å². The number of ether oxygens (including phenoxy) is 2. The molecule has 0 spiro atoms. The molecule has 0 saturated carbocycles. The van der Waals surface area contributed by atoms with Crippen LogP contribution in [0.15, 0.2) is 27.8 Å². The molecule has 4 rings (SSSR count). The van der Waals surface area contributed by atoms with Crippen molar-refractivity contribution in [2.24, 2.45) is 5.92 Å². The third-order valence-corrected chi connectivity index (χ3v) is 7.15. The van der Waals surface area contributed by atoms with Gasteiger partial charge in [-0.3, -0.25) is 4.79 Å². The average Bonchev–Trinajstić information content (AvgIpc) is 3.38. The number of thioether (sulfide) groups is 1. The number of rotatable bonds is 7. The quantitative estimate of drug-likeness (QED) is 0.652. The molecule has 1 atom stereocenters. The fourth-order valence-electron chi connectivity index (χ4n) is 3.09. The Kier molecular flexibility index (Phi) is 5.44. The van der Waals surface area contributed by atoms with Crippen molar-refractivity contribution in [1.29, 1.82) is 0 Å². The molecule has 2 aromatic rings. The highest BCUT2D eigenvalue weighted by atomic mass is 32.2. The van der Waals surface area contributed by atoms with Gasteiger partial charge in [-0.25, -0.2) is 8.42 Å². The number of carbonyl (C=O) groups excluding carboxylic acids is 1. The van der Waals surface area contributed by atoms with Gasteiger partial charge in [-0.05, 0) is 30.0 Å². The van der Waals surface area contributed by atoms with Crippen molar-refractivity contribution in [3.8, 4) is 11.5 Å². The Balaban J connectivity index is 1.21. The number of amides is 1. The van der Waals surface area contributed by atoms with Crippen LogP contribution in [-0.2, 0) is 27.6 Å². The van der Waals surface area contributed by atoms with Crippen LogP contribution in [0.2, 0.25) is 0 Å². The smallest absolute Gasteiger partial charge is 0.277 e. The zero-order valence-corrected chi connectivity index (χ0v) is 16.6. The van der Waals surface area contributed by atoms with Gasteiger partial charge in [-0.2, -0.15) is 0 Å². The zero-order valence-electron chi connectivity index (χ0n) is 14.9. The van der Waals surface area contributed by atoms with Gasteiger partial charge in [0.05, 0.1) is 17.3 Å². The first-order chi connectivity index (χ1) is 13.5. The second-order valence-electron chi connectivity index (χ2n) is 6.69. The van der Waals surface area contributed by atoms with Crippen molar-refractivity contribution in [1.82, 2.24) is 15.5 Å². The maximum absolute atomic E-state index is 12.0. The lowest BCUT2D eigenvalue weighted by Gasteiger charge is -2.05. The van der Waals surface area contributed by atoms with Crippen molar-refractivity contribution < 1.29 is 27.1 Å². The number of fused-ring (bicyclic) bond motifs is 1. The summed E-state index contributed by atoms with van der Waals surface area (Å²) in [5.74, 6) is 2.17. The van der Waals surface area contributed by atoms with Gasteiger partial charge in [0.1, 0.15) is 0 Å². The molecule has 2 aliphatic heterocycles. The summed E-state index contributed by atoms with van der Waals surface area (Å²) in [6.07, 6.45) is 1.07. The highest BCUT2D eigenvalue weighted by molar-refractivity contribution is 7.99. The highest BCUT2D eigenvalue weighted by Crippen LogP contribution is 2.32. The summed E-state index contributed by atoms with van der Waals surface area (Å²) in [5.41, 5.74) is 0.911. The Labute approximate surface area is 166 Å². The van der Waals surface area contributed by atoms with E-state index < -0.39 is 9.84 Å². The Morgan fingerprint density at radius 3 is 2.93 bits per heavy atom. The second-order valence-corrected chi connectivity index (χ2v) is 9.84. The van der Waals surface area contributed by atoms with Gasteiger partial charge in [-0.15, -0.1) is 10.2 Å². The molecule has 11 heteroatoms. The predicted molar refractivity (Wildman–Crippen MR) is 99.9 cm³/mol. The van der Waals surface area contributed by atoms with Crippen molar-refractivity contribution in [3.05, 3.63) is 29.7 Å². The minimum atomic E-state index is -2.93. The molecule has 28 heavy (non-hydrogen) atoms. The van der Waals surface area contributed by atoms with E-state index in [-0.39, 0.29) is 35.9 Å². The molecule has 3 heterocycles. The fraction of sp³-hybridized carbons (Fsp3) is 0.471. The minimum Gasteiger partial charge on any atom is -0.454 e. The Morgan fingerprint density at radius 1 is 1.25 bits per heavy atom. The summed E-state index contributed by atoms with van der Waals surface area (Å²) >= 11 is 1.15. The third kappa shape index (κ3) is 4.76. The summed E-state index contributed by atoms with van der Waals surface area (Å²) in [6.45, 7) is 0.589. The molecule has 1 aromatic carbocycles. The first-order valence-corrected chi connectivity index (χ1v) is 11.6. The highest BCUT2D eigenvalue weighted by Gasteiger charge is 2.29. The van der Waals surface area contributed by atoms with E-state index in [0.717, 1.165) is 17.3 Å². The molecule has 0 unspecified atom stereocenters. The normalized spacial score (nSPS) is 19.6. The minimum absolute atomic E-state index is 0.0216. The lowest BCUT2D eigenvalue weighted by molar-refractivity contribution is -0.118. The van der Waals surface area contributed by atoms with Crippen LogP contribution in [0.4, 0.5) is 0 Å². The van der Waals surface area contributed by atoms with Crippen LogP contribution in [0.25, 0.3) is 0 Å². The third-order valence-electron chi connectivity index (χ3n) is 4.49. The number of nitrogens with zero attached hydrogens (tertiary/aromatic N) is 2. The van der Waals surface area contributed by atoms with Crippen LogP contribution in [-0.4, -0.2) is 48.6 Å². The van der Waals surface area contributed by atoms with Gasteiger partial charge < -0.3 is 19.2 Å². The largest absolute Gasteiger partial charge is 0.454 e. The summed E-state index contributed by atoms with van der Waals surface area (Å²) in [5, 5.41) is 11.0. The van der Waals surface area contributed by atoms with Crippen molar-refractivity contribution in [2.75, 3.05) is 24.1 Å². The molecule has 0 radical (unpaired) electrons. The van der Waals surface area contributed by atoms with Gasteiger partial charge >= 0.3 is 0 Å². The molecule has 0 aliphatic carbocycles. The molecular weight excluding hydrogens is 406 g/mol. The monoisotopic (exact) mass is 425 g/mol. The molecule has 1 fully saturated rings. The van der Waals surface area contributed by atoms with E-state index in [1.54, 1.807) is 0 Å². The predicted octanol–water partition coefficient (Wildman–Crippen LogP) is 1.18. The summed E-state index contributed by atoms with van der Waals surface area (Å²) in [7, 11) is -2.93. The van der Waals surface area contributed by atoms with E-state index in [0.29, 0.717) is 42.0 Å². The molecule has 0 bridgehead atoms. The maximum Gasteiger partial charge on any atom is 0.277 e. The Morgan fingerprint density at radius 2 is 2.11 bits per heavy atom. The van der Waals surface area contributed by atoms with Crippen molar-refractivity contribution in [3.63, 3.8) is 0 Å². The van der Waals surface area contributed by atoms with Crippen LogP contribution < -0.4 is 14.8 Å². The molecule has 1 saturated heterocycles. The van der Waals surface area contributed by atoms with Gasteiger partial charge in [0.2, 0.25) is 18.6 Å². The first kappa shape index (κ1) is 19.1. The number of carbonyl (C=O) groups is 1. The molecule has 1 N–H and O–H groups in total. The van der Waals surface area contributed by atoms with Gasteiger partial charge in [0.15, 0.2) is 21.3 Å². The molecule has 9 nitrogen and oxygen atoms in total. The van der Waals surface area contributed by atoms with Crippen molar-refractivity contribution in [2.45, 2.75) is 24.6 Å². The lowest BCUT2D eigenvalue weighted by Crippen LogP contribution is -2.24. The van der Waals surface area contributed by atoms with Gasteiger partial charge in [0.25, 0.3) is 5.22 Å². The van der Waals surface area contributed by atoms with E-state index in [1.807, 2.05) is 18.2 Å². The van der Waals surface area contributed by atoms with Crippen LogP contribution in [0.5, 0.6) is 11.5 Å². The summed E-state index contributed by atoms with van der Waals surface area (Å²) in [6, 6.07) is 5.52. The van der Waals surface area contributed by atoms with E-state index in [9.17, 15) is 13.2 Å². The molecule has 150 valence electrons. The average molecular weight is 425 g/mol. The summed E-state index contributed by atoms with van der Waals surface area (Å²) in [4.78, 5) is 12.0. The van der Waals surface area contributed by atoms with Crippen molar-refractivity contribution >= 4 is 27.5 Å². The maximum atomic E-state index is 12.0. The molecule has 2 aliphatic rings. The number of nitrogens with one attached hydrogen (secondary N) is 1. The fourth-order valence-corrected chi connectivity index (χ4v) is 5.56. The summed E-state index contributed by atoms with van der Waals surface area (Å²) < 4.78 is 39.1. The van der Waals surface area contributed by atoms with E-state index in [4.69, 9.17) is 13.9 Å². The standard InChI is InChI=1S/C17H19N3O6S2/c21-15(18-7-11-1-2-13-14(5-11)25-10-24-13)8-27-17-20-19-16(26-17)6-12-3-4-28(22,23)9-12/h1-2,5,12H,3-4,6-10H2,(H,18,21)/t12-/m0/s1. The number of hydrogen-bond acceptors (Lipinski definition) is 9. The SMILES string of the molecule is O=C(CSc1nnc(C[C@@H]2CCS(=O)(=O)C2)o1)NCc1ccc2c(c1)OCO2. The number of aromatic nitrogens is 2. The van der Waals surface area contributed by atoms with Crippen LogP contribution in [0.3, 0.4) is 0 Å². The second kappa shape index (κ2) is 8.00. The number of benzene rings is 1. The molecule has 1 amide bonds. The Hall–Kier alpha value is -2.27. The Bertz CT molecular complexity index is 975. The first-order valence-electron chi connectivity index (χ1n) is 8.78. The van der Waals surface area contributed by atoms with Crippen LogP contribution >= 0.6 is 11.8 Å². The number of hydrogen-bond donors (Lipinski definition) is 1. The van der Waals surface area contributed by atoms with Crippen LogP contribution in [0, 0.1) is 5.92 Å². The molecule has 1 aromatic heterocycles. The molecular formula is C17H19N3O6S2. The lowest BCUT2D eigenvalue weighted by atomic mass is 10.1. The topological polar surface area (TPSA) is 121 Å². The van der Waals surface area contributed by atoms with Gasteiger partial charge in [-0.1, -0.05) is 17.8 Å². The van der Waals surface area contributed by atoms with E-state index in [1.165, 1.54) is 0 Å². The van der Waals surface area contributed by atoms with E-state index in [2.05, 4.69) is 15.5 Å². The zero-order chi connectivity index (χ0) is 19.6. The van der Waals surface area contributed by atoms with E-state index >= 15 is 0 Å².